The Morgan fingerprint density at radius 2 is 1.86 bits per heavy atom. The van der Waals surface area contributed by atoms with Crippen molar-refractivity contribution in [2.45, 2.75) is 13.8 Å². The molecule has 1 heterocycles. The number of pyridine rings is 1. The van der Waals surface area contributed by atoms with Gasteiger partial charge in [0.1, 0.15) is 5.56 Å². The van der Waals surface area contributed by atoms with Gasteiger partial charge in [-0.3, -0.25) is 4.98 Å². The number of benzene rings is 1. The highest BCUT2D eigenvalue weighted by Crippen LogP contribution is 2.23. The zero-order valence-corrected chi connectivity index (χ0v) is 12.2. The first kappa shape index (κ1) is 14.8. The zero-order valence-electron chi connectivity index (χ0n) is 12.2. The van der Waals surface area contributed by atoms with Crippen molar-refractivity contribution in [3.63, 3.8) is 0 Å². The van der Waals surface area contributed by atoms with Crippen molar-refractivity contribution in [2.24, 2.45) is 0 Å². The Morgan fingerprint density at radius 3 is 2.43 bits per heavy atom. The van der Waals surface area contributed by atoms with Crippen LogP contribution in [-0.4, -0.2) is 29.1 Å². The van der Waals surface area contributed by atoms with Crippen LogP contribution in [0.2, 0.25) is 0 Å². The van der Waals surface area contributed by atoms with Crippen LogP contribution in [-0.2, 0) is 0 Å². The third-order valence-corrected chi connectivity index (χ3v) is 3.33. The van der Waals surface area contributed by atoms with Gasteiger partial charge in [0.25, 0.3) is 0 Å². The summed E-state index contributed by atoms with van der Waals surface area (Å²) in [5.74, 6) is -0.995. The molecule has 0 saturated heterocycles. The fourth-order valence-corrected chi connectivity index (χ4v) is 2.17. The van der Waals surface area contributed by atoms with E-state index in [1.807, 2.05) is 24.3 Å². The second kappa shape index (κ2) is 6.74. The third-order valence-electron chi connectivity index (χ3n) is 3.33. The second-order valence-corrected chi connectivity index (χ2v) is 4.57. The average Bonchev–Trinajstić information content (AvgIpc) is 2.50. The Balaban J connectivity index is 2.19. The predicted molar refractivity (Wildman–Crippen MR) is 84.5 cm³/mol. The lowest BCUT2D eigenvalue weighted by Crippen LogP contribution is -2.21. The molecule has 0 atom stereocenters. The first-order valence-electron chi connectivity index (χ1n) is 6.95. The molecule has 1 aromatic heterocycles. The molecule has 21 heavy (non-hydrogen) atoms. The van der Waals surface area contributed by atoms with Gasteiger partial charge in [-0.1, -0.05) is 0 Å². The summed E-state index contributed by atoms with van der Waals surface area (Å²) < 4.78 is 0. The molecule has 0 radical (unpaired) electrons. The van der Waals surface area contributed by atoms with Crippen molar-refractivity contribution in [3.8, 4) is 0 Å². The topological polar surface area (TPSA) is 65.5 Å². The van der Waals surface area contributed by atoms with Crippen molar-refractivity contribution >= 4 is 23.0 Å². The minimum absolute atomic E-state index is 0.158. The average molecular weight is 285 g/mol. The molecule has 5 nitrogen and oxygen atoms in total. The van der Waals surface area contributed by atoms with Gasteiger partial charge in [0.2, 0.25) is 0 Å². The van der Waals surface area contributed by atoms with Gasteiger partial charge in [-0.05, 0) is 44.2 Å². The molecule has 0 bridgehead atoms. The number of carbonyl (C=O) groups is 1. The van der Waals surface area contributed by atoms with Gasteiger partial charge in [-0.25, -0.2) is 4.79 Å². The lowest BCUT2D eigenvalue weighted by Gasteiger charge is -2.21. The summed E-state index contributed by atoms with van der Waals surface area (Å²) in [5, 5.41) is 12.3. The summed E-state index contributed by atoms with van der Waals surface area (Å²) in [6.45, 7) is 6.14. The van der Waals surface area contributed by atoms with E-state index in [-0.39, 0.29) is 5.56 Å². The second-order valence-electron chi connectivity index (χ2n) is 4.57. The molecule has 0 amide bonds. The molecule has 0 aliphatic carbocycles. The number of aromatic nitrogens is 1. The Morgan fingerprint density at radius 1 is 1.19 bits per heavy atom. The van der Waals surface area contributed by atoms with Gasteiger partial charge < -0.3 is 15.3 Å². The van der Waals surface area contributed by atoms with E-state index in [4.69, 9.17) is 5.11 Å². The number of carboxylic acid groups (broad SMARTS) is 1. The summed E-state index contributed by atoms with van der Waals surface area (Å²) in [7, 11) is 0. The number of rotatable bonds is 6. The van der Waals surface area contributed by atoms with Crippen molar-refractivity contribution in [2.75, 3.05) is 23.3 Å². The Bertz CT molecular complexity index is 607. The van der Waals surface area contributed by atoms with Crippen LogP contribution in [0.15, 0.2) is 42.7 Å². The molecule has 0 saturated carbocycles. The van der Waals surface area contributed by atoms with Crippen molar-refractivity contribution in [1.29, 1.82) is 0 Å². The third kappa shape index (κ3) is 3.51. The number of nitrogens with zero attached hydrogens (tertiary/aromatic N) is 2. The monoisotopic (exact) mass is 285 g/mol. The van der Waals surface area contributed by atoms with Crippen molar-refractivity contribution in [1.82, 2.24) is 4.98 Å². The van der Waals surface area contributed by atoms with Crippen LogP contribution < -0.4 is 10.2 Å². The molecular formula is C16H19N3O2. The maximum Gasteiger partial charge on any atom is 0.339 e. The van der Waals surface area contributed by atoms with E-state index in [1.165, 1.54) is 6.20 Å². The quantitative estimate of drug-likeness (QED) is 0.852. The summed E-state index contributed by atoms with van der Waals surface area (Å²) >= 11 is 0. The van der Waals surface area contributed by atoms with Gasteiger partial charge in [-0.15, -0.1) is 0 Å². The number of nitrogens with one attached hydrogen (secondary N) is 1. The molecule has 0 fully saturated rings. The lowest BCUT2D eigenvalue weighted by atomic mass is 10.2. The van der Waals surface area contributed by atoms with E-state index in [2.05, 4.69) is 29.0 Å². The molecule has 110 valence electrons. The molecule has 0 aliphatic heterocycles. The van der Waals surface area contributed by atoms with Crippen LogP contribution in [0, 0.1) is 0 Å². The minimum Gasteiger partial charge on any atom is -0.478 e. The molecule has 5 heteroatoms. The van der Waals surface area contributed by atoms with E-state index < -0.39 is 5.97 Å². The number of aromatic carboxylic acids is 1. The molecule has 1 aromatic carbocycles. The molecule has 2 aromatic rings. The molecule has 2 N–H and O–H groups in total. The van der Waals surface area contributed by atoms with E-state index >= 15 is 0 Å². The van der Waals surface area contributed by atoms with Crippen molar-refractivity contribution in [3.05, 3.63) is 48.3 Å². The first-order valence-corrected chi connectivity index (χ1v) is 6.95. The Hall–Kier alpha value is -2.56. The fourth-order valence-electron chi connectivity index (χ4n) is 2.17. The smallest absolute Gasteiger partial charge is 0.339 e. The highest BCUT2D eigenvalue weighted by atomic mass is 16.4. The number of hydrogen-bond donors (Lipinski definition) is 2. The number of hydrogen-bond acceptors (Lipinski definition) is 4. The normalized spacial score (nSPS) is 10.2. The molecule has 2 rings (SSSR count). The minimum atomic E-state index is -0.995. The van der Waals surface area contributed by atoms with Crippen LogP contribution in [0.5, 0.6) is 0 Å². The van der Waals surface area contributed by atoms with Gasteiger partial charge in [0, 0.05) is 36.9 Å². The summed E-state index contributed by atoms with van der Waals surface area (Å²) in [5.41, 5.74) is 2.69. The van der Waals surface area contributed by atoms with Crippen LogP contribution in [0.4, 0.5) is 17.1 Å². The number of anilines is 3. The molecule has 0 spiro atoms. The van der Waals surface area contributed by atoms with Gasteiger partial charge in [0.05, 0.1) is 5.69 Å². The highest BCUT2D eigenvalue weighted by Gasteiger charge is 2.10. The van der Waals surface area contributed by atoms with E-state index in [0.29, 0.717) is 5.69 Å². The summed E-state index contributed by atoms with van der Waals surface area (Å²) in [6, 6.07) is 9.59. The van der Waals surface area contributed by atoms with Crippen LogP contribution in [0.3, 0.4) is 0 Å². The standard InChI is InChI=1S/C16H19N3O2/c1-3-19(4-2)13-7-5-12(6-8-13)18-15-9-10-17-11-14(15)16(20)21/h5-11H,3-4H2,1-2H3,(H,17,18)(H,20,21). The number of carboxylic acids is 1. The maximum atomic E-state index is 11.1. The van der Waals surface area contributed by atoms with E-state index in [9.17, 15) is 4.79 Å². The SMILES string of the molecule is CCN(CC)c1ccc(Nc2ccncc2C(=O)O)cc1. The zero-order chi connectivity index (χ0) is 15.2. The highest BCUT2D eigenvalue weighted by molar-refractivity contribution is 5.94. The fraction of sp³-hybridized carbons (Fsp3) is 0.250. The van der Waals surface area contributed by atoms with Gasteiger partial charge in [0.15, 0.2) is 0 Å². The lowest BCUT2D eigenvalue weighted by molar-refractivity contribution is 0.0697. The Labute approximate surface area is 124 Å². The van der Waals surface area contributed by atoms with Crippen molar-refractivity contribution < 1.29 is 9.90 Å². The first-order chi connectivity index (χ1) is 10.2. The summed E-state index contributed by atoms with van der Waals surface area (Å²) in [6.07, 6.45) is 2.91. The van der Waals surface area contributed by atoms with Crippen LogP contribution >= 0.6 is 0 Å². The molecule has 0 unspecified atom stereocenters. The van der Waals surface area contributed by atoms with Gasteiger partial charge >= 0.3 is 5.97 Å². The maximum absolute atomic E-state index is 11.1. The molecule has 0 aliphatic rings. The van der Waals surface area contributed by atoms with Crippen LogP contribution in [0.25, 0.3) is 0 Å². The van der Waals surface area contributed by atoms with Crippen LogP contribution in [0.1, 0.15) is 24.2 Å². The largest absolute Gasteiger partial charge is 0.478 e. The predicted octanol–water partition coefficient (Wildman–Crippen LogP) is 3.37. The molecular weight excluding hydrogens is 266 g/mol. The summed E-state index contributed by atoms with van der Waals surface area (Å²) in [4.78, 5) is 17.2. The van der Waals surface area contributed by atoms with Gasteiger partial charge in [-0.2, -0.15) is 0 Å². The Kier molecular flexibility index (Phi) is 4.77. The van der Waals surface area contributed by atoms with E-state index in [1.54, 1.807) is 12.3 Å². The van der Waals surface area contributed by atoms with E-state index in [0.717, 1.165) is 24.5 Å².